The number of thiophene rings is 1. The highest BCUT2D eigenvalue weighted by Crippen LogP contribution is 2.34. The quantitative estimate of drug-likeness (QED) is 0.869. The smallest absolute Gasteiger partial charge is 0.0300 e. The van der Waals surface area contributed by atoms with Crippen LogP contribution in [0.5, 0.6) is 0 Å². The molecule has 0 amide bonds. The van der Waals surface area contributed by atoms with Crippen LogP contribution in [0, 0.1) is 5.92 Å². The number of rotatable bonds is 6. The summed E-state index contributed by atoms with van der Waals surface area (Å²) in [5, 5.41) is 5.71. The Morgan fingerprint density at radius 2 is 2.31 bits per heavy atom. The van der Waals surface area contributed by atoms with Crippen LogP contribution in [-0.2, 0) is 6.54 Å². The molecule has 1 heterocycles. The topological polar surface area (TPSA) is 15.3 Å². The Balaban J connectivity index is 1.74. The van der Waals surface area contributed by atoms with E-state index in [1.807, 2.05) is 11.3 Å². The van der Waals surface area contributed by atoms with Gasteiger partial charge in [0.15, 0.2) is 0 Å². The molecule has 1 aliphatic carbocycles. The van der Waals surface area contributed by atoms with Crippen molar-refractivity contribution in [3.8, 4) is 0 Å². The fourth-order valence-electron chi connectivity index (χ4n) is 2.04. The van der Waals surface area contributed by atoms with Gasteiger partial charge in [-0.25, -0.2) is 0 Å². The van der Waals surface area contributed by atoms with Crippen LogP contribution in [0.15, 0.2) is 15.9 Å². The predicted octanol–water partition coefficient (Wildman–Crippen LogP) is 2.94. The van der Waals surface area contributed by atoms with Crippen LogP contribution >= 0.6 is 27.3 Å². The van der Waals surface area contributed by atoms with Gasteiger partial charge < -0.3 is 10.2 Å². The van der Waals surface area contributed by atoms with Crippen LogP contribution in [-0.4, -0.2) is 31.6 Å². The molecule has 0 spiro atoms. The minimum absolute atomic E-state index is 0.711. The molecule has 1 aromatic heterocycles. The second-order valence-corrected chi connectivity index (χ2v) is 6.64. The van der Waals surface area contributed by atoms with E-state index in [1.165, 1.54) is 22.2 Å². The monoisotopic (exact) mass is 302 g/mol. The van der Waals surface area contributed by atoms with Gasteiger partial charge >= 0.3 is 0 Å². The number of hydrogen-bond acceptors (Lipinski definition) is 3. The lowest BCUT2D eigenvalue weighted by Gasteiger charge is -2.24. The second kappa shape index (κ2) is 5.63. The molecule has 0 radical (unpaired) electrons. The molecular formula is C12H19BrN2S. The Kier molecular flexibility index (Phi) is 4.41. The first kappa shape index (κ1) is 12.6. The van der Waals surface area contributed by atoms with Gasteiger partial charge in [0.2, 0.25) is 0 Å². The molecule has 0 bridgehead atoms. The third-order valence-electron chi connectivity index (χ3n) is 3.10. The number of hydrogen-bond donors (Lipinski definition) is 1. The lowest BCUT2D eigenvalue weighted by molar-refractivity contribution is 0.255. The number of halogens is 1. The number of nitrogens with one attached hydrogen (secondary N) is 1. The summed E-state index contributed by atoms with van der Waals surface area (Å²) in [6, 6.07) is 2.91. The summed E-state index contributed by atoms with van der Waals surface area (Å²) in [4.78, 5) is 3.76. The maximum absolute atomic E-state index is 3.57. The third-order valence-corrected chi connectivity index (χ3v) is 4.80. The Labute approximate surface area is 110 Å². The van der Waals surface area contributed by atoms with Crippen molar-refractivity contribution in [3.05, 3.63) is 20.8 Å². The summed E-state index contributed by atoms with van der Waals surface area (Å²) in [6.07, 6.45) is 2.82. The molecule has 1 aromatic rings. The minimum atomic E-state index is 0.711. The molecule has 2 nitrogen and oxygen atoms in total. The molecule has 0 saturated heterocycles. The van der Waals surface area contributed by atoms with E-state index in [9.17, 15) is 0 Å². The maximum atomic E-state index is 3.57. The highest BCUT2D eigenvalue weighted by atomic mass is 79.9. The normalized spacial score (nSPS) is 18.0. The molecule has 16 heavy (non-hydrogen) atoms. The van der Waals surface area contributed by atoms with Crippen molar-refractivity contribution in [2.75, 3.05) is 20.6 Å². The average molecular weight is 303 g/mol. The van der Waals surface area contributed by atoms with E-state index in [0.29, 0.717) is 6.04 Å². The van der Waals surface area contributed by atoms with Crippen LogP contribution in [0.3, 0.4) is 0 Å². The summed E-state index contributed by atoms with van der Waals surface area (Å²) >= 11 is 5.29. The van der Waals surface area contributed by atoms with Gasteiger partial charge in [0, 0.05) is 33.9 Å². The molecule has 0 aromatic carbocycles. The predicted molar refractivity (Wildman–Crippen MR) is 73.9 cm³/mol. The summed E-state index contributed by atoms with van der Waals surface area (Å²) < 4.78 is 1.20. The van der Waals surface area contributed by atoms with Crippen LogP contribution in [0.25, 0.3) is 0 Å². The Morgan fingerprint density at radius 1 is 1.56 bits per heavy atom. The molecule has 1 atom stereocenters. The molecule has 0 aliphatic heterocycles. The summed E-state index contributed by atoms with van der Waals surface area (Å²) in [5.41, 5.74) is 0. The van der Waals surface area contributed by atoms with Crippen molar-refractivity contribution >= 4 is 27.3 Å². The second-order valence-electron chi connectivity index (χ2n) is 4.73. The minimum Gasteiger partial charge on any atom is -0.310 e. The van der Waals surface area contributed by atoms with Crippen molar-refractivity contribution in [2.24, 2.45) is 5.92 Å². The highest BCUT2D eigenvalue weighted by molar-refractivity contribution is 9.10. The molecule has 1 saturated carbocycles. The molecule has 1 fully saturated rings. The van der Waals surface area contributed by atoms with Gasteiger partial charge in [0.25, 0.3) is 0 Å². The zero-order chi connectivity index (χ0) is 11.5. The summed E-state index contributed by atoms with van der Waals surface area (Å²) in [5.74, 6) is 0.928. The molecule has 90 valence electrons. The number of nitrogens with zero attached hydrogens (tertiary/aromatic N) is 1. The summed E-state index contributed by atoms with van der Waals surface area (Å²) in [6.45, 7) is 2.10. The fourth-order valence-corrected chi connectivity index (χ4v) is 3.46. The Bertz CT molecular complexity index is 332. The molecule has 1 unspecified atom stereocenters. The largest absolute Gasteiger partial charge is 0.310 e. The Morgan fingerprint density at radius 3 is 2.81 bits per heavy atom. The lowest BCUT2D eigenvalue weighted by Crippen LogP contribution is -2.39. The highest BCUT2D eigenvalue weighted by Gasteiger charge is 2.31. The molecule has 1 aliphatic rings. The van der Waals surface area contributed by atoms with Crippen molar-refractivity contribution in [1.29, 1.82) is 0 Å². The maximum Gasteiger partial charge on any atom is 0.0300 e. The van der Waals surface area contributed by atoms with Crippen molar-refractivity contribution in [3.63, 3.8) is 0 Å². The molecular weight excluding hydrogens is 284 g/mol. The molecule has 1 N–H and O–H groups in total. The Hall–Kier alpha value is 0.1000. The van der Waals surface area contributed by atoms with Gasteiger partial charge in [0.1, 0.15) is 0 Å². The van der Waals surface area contributed by atoms with Gasteiger partial charge in [-0.15, -0.1) is 11.3 Å². The van der Waals surface area contributed by atoms with E-state index >= 15 is 0 Å². The van der Waals surface area contributed by atoms with E-state index in [4.69, 9.17) is 0 Å². The molecule has 4 heteroatoms. The van der Waals surface area contributed by atoms with Crippen LogP contribution in [0.1, 0.15) is 17.7 Å². The van der Waals surface area contributed by atoms with E-state index in [2.05, 4.69) is 51.7 Å². The van der Waals surface area contributed by atoms with Gasteiger partial charge in [-0.05, 0) is 54.9 Å². The zero-order valence-corrected chi connectivity index (χ0v) is 12.3. The SMILES string of the molecule is CN(C)C(CNCc1cc(Br)cs1)C1CC1. The lowest BCUT2D eigenvalue weighted by atomic mass is 10.1. The zero-order valence-electron chi connectivity index (χ0n) is 9.87. The van der Waals surface area contributed by atoms with E-state index < -0.39 is 0 Å². The average Bonchev–Trinajstić information content (AvgIpc) is 2.97. The van der Waals surface area contributed by atoms with Gasteiger partial charge in [-0.2, -0.15) is 0 Å². The third kappa shape index (κ3) is 3.55. The van der Waals surface area contributed by atoms with Gasteiger partial charge in [-0.3, -0.25) is 0 Å². The number of likely N-dealkylation sites (N-methyl/N-ethyl adjacent to an activating group) is 1. The van der Waals surface area contributed by atoms with Crippen molar-refractivity contribution in [1.82, 2.24) is 10.2 Å². The van der Waals surface area contributed by atoms with Gasteiger partial charge in [-0.1, -0.05) is 0 Å². The molecule has 2 rings (SSSR count). The standard InChI is InChI=1S/C12H19BrN2S/c1-15(2)12(9-3-4-9)7-14-6-11-5-10(13)8-16-11/h5,8-9,12,14H,3-4,6-7H2,1-2H3. The van der Waals surface area contributed by atoms with Gasteiger partial charge in [0.05, 0.1) is 0 Å². The van der Waals surface area contributed by atoms with Crippen LogP contribution in [0.2, 0.25) is 0 Å². The van der Waals surface area contributed by atoms with E-state index in [0.717, 1.165) is 19.0 Å². The van der Waals surface area contributed by atoms with Crippen molar-refractivity contribution in [2.45, 2.75) is 25.4 Å². The van der Waals surface area contributed by atoms with E-state index in [1.54, 1.807) is 0 Å². The summed E-state index contributed by atoms with van der Waals surface area (Å²) in [7, 11) is 4.37. The first-order chi connectivity index (χ1) is 7.66. The first-order valence-corrected chi connectivity index (χ1v) is 7.44. The first-order valence-electron chi connectivity index (χ1n) is 5.77. The van der Waals surface area contributed by atoms with E-state index in [-0.39, 0.29) is 0 Å². The van der Waals surface area contributed by atoms with Crippen LogP contribution < -0.4 is 5.32 Å². The fraction of sp³-hybridized carbons (Fsp3) is 0.667. The van der Waals surface area contributed by atoms with Crippen molar-refractivity contribution < 1.29 is 0 Å². The van der Waals surface area contributed by atoms with Crippen LogP contribution in [0.4, 0.5) is 0 Å².